The van der Waals surface area contributed by atoms with Crippen LogP contribution in [0.4, 0.5) is 4.79 Å². The molecule has 20 heavy (non-hydrogen) atoms. The second-order valence-electron chi connectivity index (χ2n) is 3.81. The van der Waals surface area contributed by atoms with E-state index in [1.165, 1.54) is 22.2 Å². The van der Waals surface area contributed by atoms with Crippen LogP contribution in [-0.2, 0) is 24.4 Å². The molecule has 2 heterocycles. The Morgan fingerprint density at radius 2 is 2.15 bits per heavy atom. The molecule has 0 aliphatic heterocycles. The summed E-state index contributed by atoms with van der Waals surface area (Å²) < 4.78 is 1.19. The largest absolute Gasteiger partial charge is 0.480 e. The maximum Gasteiger partial charge on any atom is 0.325 e. The topological polar surface area (TPSA) is 122 Å². The van der Waals surface area contributed by atoms with Gasteiger partial charge in [-0.25, -0.2) is 9.48 Å². The van der Waals surface area contributed by atoms with Crippen LogP contribution in [0.2, 0.25) is 0 Å². The van der Waals surface area contributed by atoms with E-state index in [0.29, 0.717) is 12.2 Å². The van der Waals surface area contributed by atoms with Crippen molar-refractivity contribution in [1.29, 1.82) is 0 Å². The quantitative estimate of drug-likeness (QED) is 0.679. The van der Waals surface area contributed by atoms with Crippen LogP contribution in [0, 0.1) is 0 Å². The molecule has 0 spiro atoms. The summed E-state index contributed by atoms with van der Waals surface area (Å²) in [6.45, 7) is 0.320. The number of thiazole rings is 1. The second kappa shape index (κ2) is 6.61. The van der Waals surface area contributed by atoms with E-state index in [1.54, 1.807) is 11.7 Å². The molecular formula is C10H12N6O3S. The van der Waals surface area contributed by atoms with Crippen molar-refractivity contribution in [1.82, 2.24) is 30.6 Å². The van der Waals surface area contributed by atoms with Crippen LogP contribution >= 0.6 is 11.3 Å². The molecule has 0 radical (unpaired) electrons. The first-order valence-electron chi connectivity index (χ1n) is 5.63. The number of carbonyl (C=O) groups is 2. The Hall–Kier alpha value is -2.49. The third-order valence-electron chi connectivity index (χ3n) is 2.22. The van der Waals surface area contributed by atoms with Crippen molar-refractivity contribution in [2.45, 2.75) is 19.6 Å². The monoisotopic (exact) mass is 296 g/mol. The first-order valence-corrected chi connectivity index (χ1v) is 6.51. The van der Waals surface area contributed by atoms with Crippen molar-refractivity contribution < 1.29 is 14.7 Å². The fraction of sp³-hybridized carbons (Fsp3) is 0.300. The number of aliphatic carboxylic acids is 1. The Balaban J connectivity index is 1.72. The molecule has 0 fully saturated rings. The van der Waals surface area contributed by atoms with Gasteiger partial charge in [0.2, 0.25) is 0 Å². The van der Waals surface area contributed by atoms with Crippen LogP contribution in [0.5, 0.6) is 0 Å². The maximum absolute atomic E-state index is 11.5. The van der Waals surface area contributed by atoms with E-state index in [4.69, 9.17) is 5.11 Å². The minimum Gasteiger partial charge on any atom is -0.480 e. The third kappa shape index (κ3) is 4.31. The van der Waals surface area contributed by atoms with Crippen LogP contribution in [-0.4, -0.2) is 37.1 Å². The fourth-order valence-corrected chi connectivity index (χ4v) is 1.90. The van der Waals surface area contributed by atoms with Crippen LogP contribution in [0.15, 0.2) is 17.9 Å². The number of nitrogens with zero attached hydrogens (tertiary/aromatic N) is 4. The number of amides is 2. The van der Waals surface area contributed by atoms with Crippen molar-refractivity contribution in [3.8, 4) is 0 Å². The van der Waals surface area contributed by atoms with Gasteiger partial charge in [0.25, 0.3) is 0 Å². The summed E-state index contributed by atoms with van der Waals surface area (Å²) in [5.41, 5.74) is 2.18. The maximum atomic E-state index is 11.5. The molecule has 0 saturated heterocycles. The predicted molar refractivity (Wildman–Crippen MR) is 68.8 cm³/mol. The molecular weight excluding hydrogens is 284 g/mol. The molecule has 0 atom stereocenters. The van der Waals surface area contributed by atoms with E-state index in [-0.39, 0.29) is 19.1 Å². The third-order valence-corrected chi connectivity index (χ3v) is 3.00. The van der Waals surface area contributed by atoms with E-state index < -0.39 is 5.97 Å². The molecule has 2 aromatic rings. The van der Waals surface area contributed by atoms with Gasteiger partial charge in [-0.1, -0.05) is 5.21 Å². The Morgan fingerprint density at radius 3 is 2.85 bits per heavy atom. The molecule has 0 unspecified atom stereocenters. The van der Waals surface area contributed by atoms with Crippen molar-refractivity contribution in [3.63, 3.8) is 0 Å². The van der Waals surface area contributed by atoms with E-state index in [2.05, 4.69) is 25.9 Å². The van der Waals surface area contributed by atoms with E-state index in [1.807, 2.05) is 0 Å². The van der Waals surface area contributed by atoms with E-state index >= 15 is 0 Å². The number of rotatable bonds is 6. The molecule has 10 heteroatoms. The van der Waals surface area contributed by atoms with Crippen molar-refractivity contribution >= 4 is 23.3 Å². The van der Waals surface area contributed by atoms with Crippen molar-refractivity contribution in [3.05, 3.63) is 28.5 Å². The molecule has 0 aliphatic carbocycles. The highest BCUT2D eigenvalue weighted by atomic mass is 32.1. The van der Waals surface area contributed by atoms with E-state index in [9.17, 15) is 9.59 Å². The smallest absolute Gasteiger partial charge is 0.325 e. The first kappa shape index (κ1) is 13.9. The lowest BCUT2D eigenvalue weighted by Gasteiger charge is -2.04. The molecule has 2 amide bonds. The molecule has 0 aromatic carbocycles. The number of carboxylic acids is 1. The van der Waals surface area contributed by atoms with Gasteiger partial charge in [0.1, 0.15) is 12.2 Å². The minimum absolute atomic E-state index is 0.175. The molecule has 2 aromatic heterocycles. The number of urea groups is 1. The molecule has 3 N–H and O–H groups in total. The number of aromatic nitrogens is 4. The summed E-state index contributed by atoms with van der Waals surface area (Å²) in [6.07, 6.45) is 3.15. The van der Waals surface area contributed by atoms with Gasteiger partial charge < -0.3 is 15.7 Å². The highest BCUT2D eigenvalue weighted by Crippen LogP contribution is 2.03. The predicted octanol–water partition coefficient (Wildman–Crippen LogP) is -0.181. The molecule has 9 nitrogen and oxygen atoms in total. The Bertz CT molecular complexity index is 582. The molecule has 0 aliphatic rings. The Kier molecular flexibility index (Phi) is 4.60. The van der Waals surface area contributed by atoms with Gasteiger partial charge in [0.05, 0.1) is 24.8 Å². The molecule has 2 rings (SSSR count). The van der Waals surface area contributed by atoms with Gasteiger partial charge in [-0.05, 0) is 0 Å². The highest BCUT2D eigenvalue weighted by molar-refractivity contribution is 7.09. The van der Waals surface area contributed by atoms with Gasteiger partial charge in [-0.2, -0.15) is 0 Å². The average molecular weight is 296 g/mol. The number of hydrogen-bond donors (Lipinski definition) is 3. The van der Waals surface area contributed by atoms with Gasteiger partial charge >= 0.3 is 12.0 Å². The number of carbonyl (C=O) groups excluding carboxylic acids is 1. The summed E-state index contributed by atoms with van der Waals surface area (Å²) in [4.78, 5) is 26.8. The lowest BCUT2D eigenvalue weighted by atomic mass is 10.4. The first-order chi connectivity index (χ1) is 9.63. The average Bonchev–Trinajstić information content (AvgIpc) is 3.04. The Morgan fingerprint density at radius 1 is 1.35 bits per heavy atom. The SMILES string of the molecule is O=C(O)Cn1cc(CNC(=O)NCc2cncs2)nn1. The van der Waals surface area contributed by atoms with Crippen LogP contribution < -0.4 is 10.6 Å². The second-order valence-corrected chi connectivity index (χ2v) is 4.78. The number of hydrogen-bond acceptors (Lipinski definition) is 6. The highest BCUT2D eigenvalue weighted by Gasteiger charge is 2.06. The molecule has 0 bridgehead atoms. The van der Waals surface area contributed by atoms with Gasteiger partial charge in [-0.15, -0.1) is 16.4 Å². The fourth-order valence-electron chi connectivity index (χ4n) is 1.37. The number of carboxylic acid groups (broad SMARTS) is 1. The van der Waals surface area contributed by atoms with E-state index in [0.717, 1.165) is 4.88 Å². The zero-order chi connectivity index (χ0) is 14.4. The summed E-state index contributed by atoms with van der Waals surface area (Å²) in [5.74, 6) is -1.00. The molecule has 106 valence electrons. The lowest BCUT2D eigenvalue weighted by Crippen LogP contribution is -2.34. The minimum atomic E-state index is -1.00. The number of nitrogens with one attached hydrogen (secondary N) is 2. The van der Waals surface area contributed by atoms with Gasteiger partial charge in [0.15, 0.2) is 0 Å². The molecule has 0 saturated carbocycles. The zero-order valence-corrected chi connectivity index (χ0v) is 11.1. The van der Waals surface area contributed by atoms with Crippen molar-refractivity contribution in [2.24, 2.45) is 0 Å². The van der Waals surface area contributed by atoms with Crippen LogP contribution in [0.3, 0.4) is 0 Å². The summed E-state index contributed by atoms with van der Waals surface area (Å²) in [6, 6.07) is -0.341. The van der Waals surface area contributed by atoms with Crippen LogP contribution in [0.25, 0.3) is 0 Å². The summed E-state index contributed by atoms with van der Waals surface area (Å²) in [5, 5.41) is 21.2. The summed E-state index contributed by atoms with van der Waals surface area (Å²) in [7, 11) is 0. The standard InChI is InChI=1S/C10H12N6O3S/c17-9(18)5-16-4-7(14-15-16)1-12-10(19)13-3-8-2-11-6-20-8/h2,4,6H,1,3,5H2,(H,17,18)(H2,12,13,19). The van der Waals surface area contributed by atoms with Gasteiger partial charge in [-0.3, -0.25) is 9.78 Å². The lowest BCUT2D eigenvalue weighted by molar-refractivity contribution is -0.137. The summed E-state index contributed by atoms with van der Waals surface area (Å²) >= 11 is 1.45. The van der Waals surface area contributed by atoms with Gasteiger partial charge in [0, 0.05) is 11.1 Å². The zero-order valence-electron chi connectivity index (χ0n) is 10.3. The normalized spacial score (nSPS) is 10.2. The van der Waals surface area contributed by atoms with Crippen molar-refractivity contribution in [2.75, 3.05) is 0 Å². The van der Waals surface area contributed by atoms with Crippen LogP contribution in [0.1, 0.15) is 10.6 Å². The Labute approximate surface area is 117 Å².